The molecular formula is C12H14FN5O2. The summed E-state index contributed by atoms with van der Waals surface area (Å²) in [5, 5.41) is 19.1. The lowest BCUT2D eigenvalue weighted by Crippen LogP contribution is -2.26. The number of nitrogens with two attached hydrogens (primary N) is 1. The third-order valence-corrected chi connectivity index (χ3v) is 3.78. The third kappa shape index (κ3) is 1.61. The Labute approximate surface area is 113 Å². The minimum Gasteiger partial charge on any atom is -0.396 e. The Bertz CT molecular complexity index is 673. The maximum Gasteiger partial charge on any atom is 0.166 e. The lowest BCUT2D eigenvalue weighted by atomic mass is 10.0. The number of imidazole rings is 1. The highest BCUT2D eigenvalue weighted by atomic mass is 19.1. The Morgan fingerprint density at radius 2 is 2.15 bits per heavy atom. The van der Waals surface area contributed by atoms with E-state index in [1.165, 1.54) is 17.2 Å². The molecule has 3 rings (SSSR count). The van der Waals surface area contributed by atoms with Gasteiger partial charge >= 0.3 is 0 Å². The second-order valence-electron chi connectivity index (χ2n) is 4.83. The van der Waals surface area contributed by atoms with Crippen molar-refractivity contribution in [2.45, 2.75) is 18.3 Å². The Morgan fingerprint density at radius 3 is 2.80 bits per heavy atom. The molecule has 1 fully saturated rings. The van der Waals surface area contributed by atoms with Crippen LogP contribution in [0.15, 0.2) is 24.8 Å². The Hall–Kier alpha value is -2.06. The summed E-state index contributed by atoms with van der Waals surface area (Å²) >= 11 is 0. The van der Waals surface area contributed by atoms with E-state index in [1.54, 1.807) is 0 Å². The molecule has 0 radical (unpaired) electrons. The zero-order valence-electron chi connectivity index (χ0n) is 10.5. The largest absolute Gasteiger partial charge is 0.396 e. The number of rotatable bonds is 2. The van der Waals surface area contributed by atoms with E-state index >= 15 is 0 Å². The molecule has 1 saturated carbocycles. The average Bonchev–Trinajstić information content (AvgIpc) is 2.92. The average molecular weight is 279 g/mol. The Morgan fingerprint density at radius 1 is 1.40 bits per heavy atom. The van der Waals surface area contributed by atoms with Gasteiger partial charge in [0.25, 0.3) is 0 Å². The van der Waals surface area contributed by atoms with Gasteiger partial charge in [0.1, 0.15) is 11.8 Å². The summed E-state index contributed by atoms with van der Waals surface area (Å²) in [6.45, 7) is 3.43. The van der Waals surface area contributed by atoms with E-state index < -0.39 is 24.2 Å². The van der Waals surface area contributed by atoms with Gasteiger partial charge < -0.3 is 20.5 Å². The topological polar surface area (TPSA) is 110 Å². The van der Waals surface area contributed by atoms with E-state index in [4.69, 9.17) is 5.73 Å². The maximum absolute atomic E-state index is 14.3. The summed E-state index contributed by atoms with van der Waals surface area (Å²) in [7, 11) is 0. The second-order valence-corrected chi connectivity index (χ2v) is 4.83. The Kier molecular flexibility index (Phi) is 2.91. The number of nitrogen functional groups attached to an aromatic ring is 1. The highest BCUT2D eigenvalue weighted by Crippen LogP contribution is 2.42. The molecule has 106 valence electrons. The molecule has 20 heavy (non-hydrogen) atoms. The Balaban J connectivity index is 2.12. The van der Waals surface area contributed by atoms with Crippen LogP contribution in [-0.4, -0.2) is 48.6 Å². The van der Waals surface area contributed by atoms with Gasteiger partial charge in [0.15, 0.2) is 17.6 Å². The smallest absolute Gasteiger partial charge is 0.166 e. The van der Waals surface area contributed by atoms with Crippen molar-refractivity contribution in [1.29, 1.82) is 0 Å². The lowest BCUT2D eigenvalue weighted by molar-refractivity contribution is 0.0426. The molecule has 0 amide bonds. The normalized spacial score (nSPS) is 30.2. The number of aromatic nitrogens is 4. The number of fused-ring (bicyclic) bond motifs is 1. The van der Waals surface area contributed by atoms with Gasteiger partial charge in [0.05, 0.1) is 25.1 Å². The number of anilines is 1. The standard InChI is InChI=1S/C12H14FN5O2/c1-5-6(2-19)10(20)7(13)9(5)18-4-17-8-11(14)15-3-16-12(8)18/h3-4,6-7,9-10,19-20H,1-2H2,(H2,14,15,16)/t6-,7?,9+,10?/m0/s1. The van der Waals surface area contributed by atoms with Crippen LogP contribution in [-0.2, 0) is 0 Å². The molecule has 1 aliphatic rings. The van der Waals surface area contributed by atoms with Crippen molar-refractivity contribution in [3.8, 4) is 0 Å². The second kappa shape index (κ2) is 4.50. The fourth-order valence-electron chi connectivity index (χ4n) is 2.68. The molecule has 2 aromatic rings. The van der Waals surface area contributed by atoms with E-state index in [-0.39, 0.29) is 12.4 Å². The van der Waals surface area contributed by atoms with Crippen LogP contribution in [0.3, 0.4) is 0 Å². The van der Waals surface area contributed by atoms with Crippen LogP contribution in [0, 0.1) is 5.92 Å². The van der Waals surface area contributed by atoms with Gasteiger partial charge in [-0.3, -0.25) is 0 Å². The molecule has 0 saturated heterocycles. The van der Waals surface area contributed by atoms with Crippen LogP contribution in [0.5, 0.6) is 0 Å². The number of hydrogen-bond donors (Lipinski definition) is 3. The predicted molar refractivity (Wildman–Crippen MR) is 69.4 cm³/mol. The summed E-state index contributed by atoms with van der Waals surface area (Å²) in [6, 6.07) is -0.832. The van der Waals surface area contributed by atoms with Crippen molar-refractivity contribution in [2.24, 2.45) is 5.92 Å². The third-order valence-electron chi connectivity index (χ3n) is 3.78. The number of nitrogens with zero attached hydrogens (tertiary/aromatic N) is 4. The molecule has 4 N–H and O–H groups in total. The van der Waals surface area contributed by atoms with Crippen LogP contribution < -0.4 is 5.73 Å². The summed E-state index contributed by atoms with van der Waals surface area (Å²) in [4.78, 5) is 11.9. The van der Waals surface area contributed by atoms with Gasteiger partial charge in [-0.1, -0.05) is 6.58 Å². The monoisotopic (exact) mass is 279 g/mol. The molecule has 0 spiro atoms. The van der Waals surface area contributed by atoms with Gasteiger partial charge in [0, 0.05) is 5.92 Å². The van der Waals surface area contributed by atoms with Crippen molar-refractivity contribution in [2.75, 3.05) is 12.3 Å². The predicted octanol–water partition coefficient (Wildman–Crippen LogP) is -0.173. The quantitative estimate of drug-likeness (QED) is 0.658. The number of aliphatic hydroxyl groups is 2. The van der Waals surface area contributed by atoms with Crippen molar-refractivity contribution in [3.05, 3.63) is 24.8 Å². The summed E-state index contributed by atoms with van der Waals surface area (Å²) in [6.07, 6.45) is -0.229. The molecule has 4 atom stereocenters. The molecule has 7 nitrogen and oxygen atoms in total. The van der Waals surface area contributed by atoms with Crippen molar-refractivity contribution >= 4 is 17.0 Å². The molecular weight excluding hydrogens is 265 g/mol. The van der Waals surface area contributed by atoms with E-state index in [0.717, 1.165) is 0 Å². The minimum atomic E-state index is -1.59. The molecule has 8 heteroatoms. The highest BCUT2D eigenvalue weighted by Gasteiger charge is 2.47. The maximum atomic E-state index is 14.3. The molecule has 2 heterocycles. The van der Waals surface area contributed by atoms with Crippen LogP contribution in [0.25, 0.3) is 11.2 Å². The van der Waals surface area contributed by atoms with Crippen molar-refractivity contribution in [1.82, 2.24) is 19.5 Å². The van der Waals surface area contributed by atoms with E-state index in [9.17, 15) is 14.6 Å². The zero-order valence-corrected chi connectivity index (χ0v) is 10.5. The first kappa shape index (κ1) is 12.9. The minimum absolute atomic E-state index is 0.201. The van der Waals surface area contributed by atoms with Gasteiger partial charge in [-0.15, -0.1) is 0 Å². The number of aliphatic hydroxyl groups excluding tert-OH is 2. The molecule has 0 aliphatic heterocycles. The van der Waals surface area contributed by atoms with Crippen LogP contribution in [0.4, 0.5) is 10.2 Å². The first-order valence-electron chi connectivity index (χ1n) is 6.11. The van der Waals surface area contributed by atoms with Crippen LogP contribution in [0.2, 0.25) is 0 Å². The summed E-state index contributed by atoms with van der Waals surface area (Å²) in [5.74, 6) is -0.501. The van der Waals surface area contributed by atoms with Crippen LogP contribution in [0.1, 0.15) is 6.04 Å². The summed E-state index contributed by atoms with van der Waals surface area (Å²) < 4.78 is 15.8. The highest BCUT2D eigenvalue weighted by molar-refractivity contribution is 5.81. The molecule has 0 aromatic carbocycles. The molecule has 1 aliphatic carbocycles. The fourth-order valence-corrected chi connectivity index (χ4v) is 2.68. The van der Waals surface area contributed by atoms with Crippen molar-refractivity contribution in [3.63, 3.8) is 0 Å². The van der Waals surface area contributed by atoms with Gasteiger partial charge in [0.2, 0.25) is 0 Å². The van der Waals surface area contributed by atoms with Crippen LogP contribution >= 0.6 is 0 Å². The number of hydrogen-bond acceptors (Lipinski definition) is 6. The molecule has 2 aromatic heterocycles. The van der Waals surface area contributed by atoms with Crippen molar-refractivity contribution < 1.29 is 14.6 Å². The SMILES string of the molecule is C=C1[C@@H](n2cnc3c(N)ncnc32)C(F)C(O)[C@H]1CO. The van der Waals surface area contributed by atoms with E-state index in [2.05, 4.69) is 21.5 Å². The zero-order chi connectivity index (χ0) is 14.4. The summed E-state index contributed by atoms with van der Waals surface area (Å²) in [5.41, 5.74) is 6.83. The number of halogens is 1. The van der Waals surface area contributed by atoms with E-state index in [0.29, 0.717) is 16.7 Å². The fraction of sp³-hybridized carbons (Fsp3) is 0.417. The van der Waals surface area contributed by atoms with E-state index in [1.807, 2.05) is 0 Å². The van der Waals surface area contributed by atoms with Gasteiger partial charge in [-0.2, -0.15) is 0 Å². The number of alkyl halides is 1. The molecule has 0 bridgehead atoms. The molecule has 2 unspecified atom stereocenters. The first-order valence-corrected chi connectivity index (χ1v) is 6.11. The van der Waals surface area contributed by atoms with Gasteiger partial charge in [-0.25, -0.2) is 19.3 Å². The lowest BCUT2D eigenvalue weighted by Gasteiger charge is -2.17. The first-order chi connectivity index (χ1) is 9.56. The van der Waals surface area contributed by atoms with Gasteiger partial charge in [-0.05, 0) is 5.57 Å².